The molecule has 1 N–H and O–H groups in total. The molecule has 1 aromatic rings. The predicted octanol–water partition coefficient (Wildman–Crippen LogP) is 2.26. The molecular weight excluding hydrogens is 298 g/mol. The molecule has 0 saturated heterocycles. The van der Waals surface area contributed by atoms with Crippen molar-refractivity contribution in [3.8, 4) is 0 Å². The van der Waals surface area contributed by atoms with Crippen molar-refractivity contribution >= 4 is 22.6 Å². The molecule has 6 heteroatoms. The number of hydrogen-bond donors (Lipinski definition) is 1. The lowest BCUT2D eigenvalue weighted by molar-refractivity contribution is 0.143. The van der Waals surface area contributed by atoms with Gasteiger partial charge < -0.3 is 5.11 Å². The van der Waals surface area contributed by atoms with Crippen LogP contribution >= 0.6 is 22.6 Å². The van der Waals surface area contributed by atoms with Crippen LogP contribution in [-0.2, 0) is 6.61 Å². The Hall–Kier alpha value is -0.370. The molecule has 0 aromatic carbocycles. The minimum Gasteiger partial charge on any atom is -0.390 e. The number of aromatic nitrogens is 1. The van der Waals surface area contributed by atoms with Gasteiger partial charge in [-0.25, -0.2) is 13.8 Å². The van der Waals surface area contributed by atoms with Crippen LogP contribution in [0, 0.1) is 9.52 Å². The summed E-state index contributed by atoms with van der Waals surface area (Å²) in [6, 6.07) is 1.23. The number of hydrogen-bond acceptors (Lipinski definition) is 2. The van der Waals surface area contributed by atoms with E-state index < -0.39 is 24.5 Å². The molecule has 1 rings (SSSR count). The van der Waals surface area contributed by atoms with Gasteiger partial charge in [0.2, 0.25) is 5.95 Å². The van der Waals surface area contributed by atoms with Crippen molar-refractivity contribution in [2.45, 2.75) is 13.0 Å². The third-order valence-corrected chi connectivity index (χ3v) is 2.29. The van der Waals surface area contributed by atoms with Crippen molar-refractivity contribution in [2.75, 3.05) is 0 Å². The quantitative estimate of drug-likeness (QED) is 0.671. The van der Waals surface area contributed by atoms with Crippen molar-refractivity contribution in [2.24, 2.45) is 0 Å². The summed E-state index contributed by atoms with van der Waals surface area (Å²) in [5.74, 6) is -1.22. The van der Waals surface area contributed by atoms with Gasteiger partial charge in [-0.1, -0.05) is 0 Å². The fourth-order valence-electron chi connectivity index (χ4n) is 0.816. The molecule has 0 amide bonds. The van der Waals surface area contributed by atoms with Crippen LogP contribution in [0.2, 0.25) is 0 Å². The van der Waals surface area contributed by atoms with E-state index in [9.17, 15) is 13.2 Å². The third kappa shape index (κ3) is 2.31. The average molecular weight is 303 g/mol. The minimum atomic E-state index is -2.88. The zero-order valence-electron chi connectivity index (χ0n) is 6.27. The average Bonchev–Trinajstić information content (AvgIpc) is 2.02. The van der Waals surface area contributed by atoms with Gasteiger partial charge in [0.15, 0.2) is 0 Å². The van der Waals surface area contributed by atoms with Crippen LogP contribution in [0.5, 0.6) is 0 Å². The van der Waals surface area contributed by atoms with Gasteiger partial charge in [-0.3, -0.25) is 0 Å². The maximum Gasteiger partial charge on any atom is 0.269 e. The summed E-state index contributed by atoms with van der Waals surface area (Å²) in [5.41, 5.74) is -0.663. The minimum absolute atomic E-state index is 0.0475. The highest BCUT2D eigenvalue weighted by atomic mass is 127. The van der Waals surface area contributed by atoms with E-state index in [1.807, 2.05) is 0 Å². The standard InChI is InChI=1S/C7H5F3INO/c8-6(9)5-4(11)1-3(2-13)12-7(5)10/h1,6,13H,2H2. The second kappa shape index (κ2) is 4.23. The zero-order chi connectivity index (χ0) is 10.0. The van der Waals surface area contributed by atoms with E-state index in [0.29, 0.717) is 0 Å². The summed E-state index contributed by atoms with van der Waals surface area (Å²) in [4.78, 5) is 3.17. The predicted molar refractivity (Wildman–Crippen MR) is 47.8 cm³/mol. The summed E-state index contributed by atoms with van der Waals surface area (Å²) in [6.07, 6.45) is -2.88. The van der Waals surface area contributed by atoms with Gasteiger partial charge in [0.05, 0.1) is 17.9 Å². The normalized spacial score (nSPS) is 10.9. The summed E-state index contributed by atoms with van der Waals surface area (Å²) in [6.45, 7) is -0.462. The van der Waals surface area contributed by atoms with Crippen molar-refractivity contribution in [1.82, 2.24) is 4.98 Å². The molecule has 2 nitrogen and oxygen atoms in total. The number of pyridine rings is 1. The van der Waals surface area contributed by atoms with Crippen LogP contribution in [0.15, 0.2) is 6.07 Å². The fourth-order valence-corrected chi connectivity index (χ4v) is 1.63. The number of nitrogens with zero attached hydrogens (tertiary/aromatic N) is 1. The molecule has 0 saturated carbocycles. The Kier molecular flexibility index (Phi) is 3.48. The summed E-state index contributed by atoms with van der Waals surface area (Å²) < 4.78 is 37.3. The molecule has 0 radical (unpaired) electrons. The molecule has 0 unspecified atom stereocenters. The molecule has 1 heterocycles. The molecule has 72 valence electrons. The van der Waals surface area contributed by atoms with Crippen LogP contribution < -0.4 is 0 Å². The monoisotopic (exact) mass is 303 g/mol. The topological polar surface area (TPSA) is 33.1 Å². The number of aliphatic hydroxyl groups excluding tert-OH is 1. The highest BCUT2D eigenvalue weighted by Crippen LogP contribution is 2.26. The fraction of sp³-hybridized carbons (Fsp3) is 0.286. The smallest absolute Gasteiger partial charge is 0.269 e. The van der Waals surface area contributed by atoms with Crippen LogP contribution in [0.4, 0.5) is 13.2 Å². The maximum atomic E-state index is 12.8. The van der Waals surface area contributed by atoms with Gasteiger partial charge in [0, 0.05) is 3.57 Å². The molecule has 0 aliphatic heterocycles. The van der Waals surface area contributed by atoms with E-state index in [1.54, 1.807) is 22.6 Å². The van der Waals surface area contributed by atoms with Gasteiger partial charge in [-0.05, 0) is 28.7 Å². The van der Waals surface area contributed by atoms with Gasteiger partial charge in [0.25, 0.3) is 6.43 Å². The first kappa shape index (κ1) is 10.7. The molecule has 0 aliphatic carbocycles. The van der Waals surface area contributed by atoms with Gasteiger partial charge >= 0.3 is 0 Å². The van der Waals surface area contributed by atoms with E-state index in [1.165, 1.54) is 6.07 Å². The van der Waals surface area contributed by atoms with E-state index in [-0.39, 0.29) is 9.26 Å². The zero-order valence-corrected chi connectivity index (χ0v) is 8.43. The molecule has 13 heavy (non-hydrogen) atoms. The summed E-state index contributed by atoms with van der Waals surface area (Å²) in [5, 5.41) is 8.60. The first-order valence-electron chi connectivity index (χ1n) is 3.30. The Bertz CT molecular complexity index is 296. The largest absolute Gasteiger partial charge is 0.390 e. The highest BCUT2D eigenvalue weighted by Gasteiger charge is 2.19. The Labute approximate surface area is 85.9 Å². The van der Waals surface area contributed by atoms with Gasteiger partial charge in [0.1, 0.15) is 0 Å². The van der Waals surface area contributed by atoms with Gasteiger partial charge in [-0.15, -0.1) is 0 Å². The Morgan fingerprint density at radius 1 is 1.54 bits per heavy atom. The van der Waals surface area contributed by atoms with Crippen molar-refractivity contribution in [3.05, 3.63) is 26.8 Å². The van der Waals surface area contributed by atoms with Crippen molar-refractivity contribution in [3.63, 3.8) is 0 Å². The molecule has 0 atom stereocenters. The SMILES string of the molecule is OCc1cc(I)c(C(F)F)c(F)n1. The Morgan fingerprint density at radius 2 is 2.15 bits per heavy atom. The lowest BCUT2D eigenvalue weighted by atomic mass is 10.2. The molecule has 0 aliphatic rings. The van der Waals surface area contributed by atoms with Gasteiger partial charge in [-0.2, -0.15) is 4.39 Å². The number of aliphatic hydroxyl groups is 1. The molecule has 1 aromatic heterocycles. The van der Waals surface area contributed by atoms with E-state index >= 15 is 0 Å². The van der Waals surface area contributed by atoms with Crippen LogP contribution in [-0.4, -0.2) is 10.1 Å². The Balaban J connectivity index is 3.23. The number of halogens is 4. The highest BCUT2D eigenvalue weighted by molar-refractivity contribution is 14.1. The van der Waals surface area contributed by atoms with Crippen LogP contribution in [0.1, 0.15) is 17.7 Å². The van der Waals surface area contributed by atoms with Crippen LogP contribution in [0.3, 0.4) is 0 Å². The molecule has 0 fully saturated rings. The van der Waals surface area contributed by atoms with E-state index in [0.717, 1.165) is 0 Å². The van der Waals surface area contributed by atoms with Crippen molar-refractivity contribution < 1.29 is 18.3 Å². The van der Waals surface area contributed by atoms with Crippen molar-refractivity contribution in [1.29, 1.82) is 0 Å². The van der Waals surface area contributed by atoms with E-state index in [2.05, 4.69) is 4.98 Å². The molecule has 0 bridgehead atoms. The first-order chi connectivity index (χ1) is 6.06. The lowest BCUT2D eigenvalue weighted by Crippen LogP contribution is -2.02. The lowest BCUT2D eigenvalue weighted by Gasteiger charge is -2.05. The number of alkyl halides is 2. The molecule has 0 spiro atoms. The summed E-state index contributed by atoms with van der Waals surface area (Å²) in [7, 11) is 0. The van der Waals surface area contributed by atoms with Crippen LogP contribution in [0.25, 0.3) is 0 Å². The maximum absolute atomic E-state index is 12.8. The second-order valence-electron chi connectivity index (χ2n) is 2.26. The second-order valence-corrected chi connectivity index (χ2v) is 3.42. The van der Waals surface area contributed by atoms with E-state index in [4.69, 9.17) is 5.11 Å². The summed E-state index contributed by atoms with van der Waals surface area (Å²) >= 11 is 1.58. The Morgan fingerprint density at radius 3 is 2.54 bits per heavy atom. The first-order valence-corrected chi connectivity index (χ1v) is 4.38. The third-order valence-electron chi connectivity index (χ3n) is 1.39. The molecular formula is C7H5F3INO. The number of rotatable bonds is 2.